The van der Waals surface area contributed by atoms with Crippen molar-refractivity contribution in [2.24, 2.45) is 7.05 Å². The van der Waals surface area contributed by atoms with E-state index in [0.29, 0.717) is 15.8 Å². The topological polar surface area (TPSA) is 72.7 Å². The van der Waals surface area contributed by atoms with Crippen LogP contribution >= 0.6 is 0 Å². The molecule has 0 saturated heterocycles. The zero-order valence-electron chi connectivity index (χ0n) is 7.97. The molecule has 0 fully saturated rings. The molecular weight excluding hydrogens is 194 g/mol. The van der Waals surface area contributed by atoms with Gasteiger partial charge in [0.2, 0.25) is 5.52 Å². The lowest BCUT2D eigenvalue weighted by atomic mass is 10.3. The molecule has 0 saturated carbocycles. The van der Waals surface area contributed by atoms with E-state index in [1.54, 1.807) is 30.3 Å². The number of hydrogen-bond acceptors (Lipinski definition) is 3. The quantitative estimate of drug-likeness (QED) is 0.446. The fourth-order valence-corrected chi connectivity index (χ4v) is 1.49. The largest absolute Gasteiger partial charge is 0.617 e. The van der Waals surface area contributed by atoms with Crippen molar-refractivity contribution < 1.29 is 4.73 Å². The van der Waals surface area contributed by atoms with Crippen LogP contribution in [-0.4, -0.2) is 4.57 Å². The van der Waals surface area contributed by atoms with Gasteiger partial charge in [0.15, 0.2) is 6.07 Å². The summed E-state index contributed by atoms with van der Waals surface area (Å²) in [6.07, 6.45) is 0. The van der Waals surface area contributed by atoms with Gasteiger partial charge in [-0.1, -0.05) is 12.1 Å². The van der Waals surface area contributed by atoms with Crippen LogP contribution in [0.3, 0.4) is 0 Å². The van der Waals surface area contributed by atoms with Crippen LogP contribution in [0.25, 0.3) is 11.0 Å². The van der Waals surface area contributed by atoms with Crippen molar-refractivity contribution in [1.82, 2.24) is 4.57 Å². The van der Waals surface area contributed by atoms with Gasteiger partial charge in [0.05, 0.1) is 0 Å². The number of nitrogens with zero attached hydrogens (tertiary/aromatic N) is 3. The molecule has 0 aliphatic carbocycles. The normalized spacial score (nSPS) is 10.1. The van der Waals surface area contributed by atoms with E-state index in [-0.39, 0.29) is 0 Å². The number of hydrogen-bond donors (Lipinski definition) is 0. The van der Waals surface area contributed by atoms with Crippen molar-refractivity contribution in [1.29, 1.82) is 5.26 Å². The third-order valence-electron chi connectivity index (χ3n) is 2.28. The zero-order valence-corrected chi connectivity index (χ0v) is 7.97. The number of benzene rings is 1. The van der Waals surface area contributed by atoms with E-state index in [4.69, 9.17) is 5.26 Å². The van der Waals surface area contributed by atoms with Crippen molar-refractivity contribution in [2.45, 2.75) is 0 Å². The standard InChI is InChI=1S/C10H7N3O2/c1-12-7-4-2-3-5-8(7)13(15)9(6-11)10(12)14/h2-5H,1H3. The Labute approximate surface area is 85.0 Å². The molecule has 0 atom stereocenters. The lowest BCUT2D eigenvalue weighted by molar-refractivity contribution is -0.581. The van der Waals surface area contributed by atoms with Crippen LogP contribution in [0.2, 0.25) is 0 Å². The van der Waals surface area contributed by atoms with Crippen LogP contribution in [0, 0.1) is 16.5 Å². The minimum absolute atomic E-state index is 0.316. The van der Waals surface area contributed by atoms with Gasteiger partial charge in [0.25, 0.3) is 0 Å². The summed E-state index contributed by atoms with van der Waals surface area (Å²) in [5, 5.41) is 20.3. The predicted octanol–water partition coefficient (Wildman–Crippen LogP) is 0.0436. The smallest absolute Gasteiger partial charge is 0.361 e. The van der Waals surface area contributed by atoms with Gasteiger partial charge in [-0.2, -0.15) is 5.26 Å². The molecule has 0 amide bonds. The van der Waals surface area contributed by atoms with Gasteiger partial charge in [0, 0.05) is 13.1 Å². The highest BCUT2D eigenvalue weighted by Gasteiger charge is 2.17. The lowest BCUT2D eigenvalue weighted by Crippen LogP contribution is -2.41. The van der Waals surface area contributed by atoms with Crippen LogP contribution in [0.1, 0.15) is 5.69 Å². The second-order valence-electron chi connectivity index (χ2n) is 3.11. The van der Waals surface area contributed by atoms with Crippen LogP contribution in [0.4, 0.5) is 0 Å². The maximum atomic E-state index is 11.6. The first-order valence-corrected chi connectivity index (χ1v) is 4.28. The summed E-state index contributed by atoms with van der Waals surface area (Å²) in [5.41, 5.74) is -0.157. The maximum Gasteiger partial charge on any atom is 0.361 e. The molecule has 1 heterocycles. The number of para-hydroxylation sites is 2. The summed E-state index contributed by atoms with van der Waals surface area (Å²) >= 11 is 0. The minimum Gasteiger partial charge on any atom is -0.617 e. The van der Waals surface area contributed by atoms with Gasteiger partial charge >= 0.3 is 11.3 Å². The molecule has 1 aromatic heterocycles. The number of fused-ring (bicyclic) bond motifs is 1. The average Bonchev–Trinajstić information content (AvgIpc) is 2.27. The molecule has 0 unspecified atom stereocenters. The first-order valence-electron chi connectivity index (χ1n) is 4.28. The van der Waals surface area contributed by atoms with E-state index in [1.165, 1.54) is 11.6 Å². The first kappa shape index (κ1) is 9.21. The summed E-state index contributed by atoms with van der Waals surface area (Å²) in [5.74, 6) is 0. The Balaban J connectivity index is 3.12. The maximum absolute atomic E-state index is 11.6. The molecule has 0 aliphatic rings. The minimum atomic E-state index is -0.578. The second kappa shape index (κ2) is 3.10. The van der Waals surface area contributed by atoms with Gasteiger partial charge in [-0.3, -0.25) is 9.36 Å². The Hall–Kier alpha value is -2.35. The van der Waals surface area contributed by atoms with Crippen molar-refractivity contribution in [3.8, 4) is 6.07 Å². The van der Waals surface area contributed by atoms with Crippen LogP contribution in [-0.2, 0) is 7.05 Å². The molecule has 74 valence electrons. The SMILES string of the molecule is Cn1c(=O)c(C#N)[n+]([O-])c2ccccc21. The number of rotatable bonds is 0. The van der Waals surface area contributed by atoms with Gasteiger partial charge in [-0.25, -0.2) is 0 Å². The molecule has 15 heavy (non-hydrogen) atoms. The second-order valence-corrected chi connectivity index (χ2v) is 3.11. The fourth-order valence-electron chi connectivity index (χ4n) is 1.49. The van der Waals surface area contributed by atoms with E-state index < -0.39 is 11.3 Å². The van der Waals surface area contributed by atoms with Gasteiger partial charge in [-0.15, -0.1) is 4.73 Å². The summed E-state index contributed by atoms with van der Waals surface area (Å²) in [4.78, 5) is 11.6. The van der Waals surface area contributed by atoms with E-state index in [2.05, 4.69) is 0 Å². The lowest BCUT2D eigenvalue weighted by Gasteiger charge is -2.06. The number of aromatic nitrogens is 2. The van der Waals surface area contributed by atoms with Gasteiger partial charge < -0.3 is 5.21 Å². The van der Waals surface area contributed by atoms with E-state index in [1.807, 2.05) is 0 Å². The van der Waals surface area contributed by atoms with E-state index in [0.717, 1.165) is 0 Å². The average molecular weight is 201 g/mol. The first-order chi connectivity index (χ1) is 7.16. The molecule has 0 N–H and O–H groups in total. The predicted molar refractivity (Wildman–Crippen MR) is 52.9 cm³/mol. The third-order valence-corrected chi connectivity index (χ3v) is 2.28. The molecule has 0 bridgehead atoms. The summed E-state index contributed by atoms with van der Waals surface area (Å²) in [6.45, 7) is 0. The fraction of sp³-hybridized carbons (Fsp3) is 0.100. The Morgan fingerprint density at radius 1 is 1.47 bits per heavy atom. The van der Waals surface area contributed by atoms with Crippen molar-refractivity contribution in [3.05, 3.63) is 45.5 Å². The van der Waals surface area contributed by atoms with E-state index in [9.17, 15) is 10.0 Å². The molecule has 0 spiro atoms. The molecule has 2 rings (SSSR count). The summed E-state index contributed by atoms with van der Waals surface area (Å²) < 4.78 is 1.67. The highest BCUT2D eigenvalue weighted by Crippen LogP contribution is 2.06. The number of aryl methyl sites for hydroxylation is 1. The Morgan fingerprint density at radius 3 is 2.80 bits per heavy atom. The monoisotopic (exact) mass is 201 g/mol. The molecule has 1 aromatic carbocycles. The summed E-state index contributed by atoms with van der Waals surface area (Å²) in [6, 6.07) is 8.26. The van der Waals surface area contributed by atoms with E-state index >= 15 is 0 Å². The van der Waals surface area contributed by atoms with Crippen molar-refractivity contribution in [3.63, 3.8) is 0 Å². The molecule has 5 heteroatoms. The zero-order chi connectivity index (χ0) is 11.0. The van der Waals surface area contributed by atoms with Crippen molar-refractivity contribution in [2.75, 3.05) is 0 Å². The van der Waals surface area contributed by atoms with Gasteiger partial charge in [0.1, 0.15) is 5.52 Å². The van der Waals surface area contributed by atoms with Crippen LogP contribution in [0.15, 0.2) is 29.1 Å². The molecular formula is C10H7N3O2. The molecule has 5 nitrogen and oxygen atoms in total. The van der Waals surface area contributed by atoms with Crippen LogP contribution in [0.5, 0.6) is 0 Å². The van der Waals surface area contributed by atoms with Crippen molar-refractivity contribution >= 4 is 11.0 Å². The summed E-state index contributed by atoms with van der Waals surface area (Å²) in [7, 11) is 1.53. The Morgan fingerprint density at radius 2 is 2.13 bits per heavy atom. The molecule has 0 aliphatic heterocycles. The number of nitriles is 1. The van der Waals surface area contributed by atoms with Crippen LogP contribution < -0.4 is 10.3 Å². The van der Waals surface area contributed by atoms with Gasteiger partial charge in [-0.05, 0) is 6.07 Å². The molecule has 2 aromatic rings. The highest BCUT2D eigenvalue weighted by molar-refractivity contribution is 5.71. The molecule has 0 radical (unpaired) electrons. The Bertz CT molecular complexity index is 637. The third kappa shape index (κ3) is 1.15. The highest BCUT2D eigenvalue weighted by atomic mass is 16.5. The Kier molecular flexibility index (Phi) is 1.90.